The Bertz CT molecular complexity index is 815. The van der Waals surface area contributed by atoms with E-state index in [1.165, 1.54) is 20.4 Å². The Morgan fingerprint density at radius 2 is 1.93 bits per heavy atom. The Labute approximate surface area is 158 Å². The lowest BCUT2D eigenvalue weighted by molar-refractivity contribution is -0.305. The highest BCUT2D eigenvalue weighted by Gasteiger charge is 2.33. The standard InChI is InChI=1S/C17H16ClF3N2O4/c1-25-14-5-10(7-22-9-15(24)27-17(19,20)21)3-4-12(14)13-6-11(18)8-23-16(13)26-2/h3-6,8,22H,7,9H2,1-2H3. The third-order valence-electron chi connectivity index (χ3n) is 3.40. The first-order valence-corrected chi connectivity index (χ1v) is 7.97. The molecule has 1 N–H and O–H groups in total. The Morgan fingerprint density at radius 3 is 2.56 bits per heavy atom. The molecular formula is C17H16ClF3N2O4. The molecule has 1 aromatic heterocycles. The van der Waals surface area contributed by atoms with E-state index in [2.05, 4.69) is 15.0 Å². The van der Waals surface area contributed by atoms with Crippen molar-refractivity contribution in [2.24, 2.45) is 0 Å². The van der Waals surface area contributed by atoms with Gasteiger partial charge < -0.3 is 19.5 Å². The van der Waals surface area contributed by atoms with E-state index < -0.39 is 18.9 Å². The van der Waals surface area contributed by atoms with Crippen molar-refractivity contribution in [3.05, 3.63) is 41.0 Å². The molecular weight excluding hydrogens is 389 g/mol. The van der Waals surface area contributed by atoms with Crippen LogP contribution in [0.1, 0.15) is 5.56 Å². The minimum atomic E-state index is -4.99. The van der Waals surface area contributed by atoms with Crippen LogP contribution in [0.2, 0.25) is 5.02 Å². The maximum absolute atomic E-state index is 11.9. The second-order valence-electron chi connectivity index (χ2n) is 5.27. The lowest BCUT2D eigenvalue weighted by Crippen LogP contribution is -2.29. The molecule has 0 bridgehead atoms. The summed E-state index contributed by atoms with van der Waals surface area (Å²) in [7, 11) is 2.95. The Kier molecular flexibility index (Phi) is 6.86. The summed E-state index contributed by atoms with van der Waals surface area (Å²) in [4.78, 5) is 15.2. The van der Waals surface area contributed by atoms with Crippen LogP contribution in [0.3, 0.4) is 0 Å². The van der Waals surface area contributed by atoms with Gasteiger partial charge in [-0.3, -0.25) is 4.79 Å². The molecule has 2 rings (SSSR count). The van der Waals surface area contributed by atoms with Gasteiger partial charge in [-0.2, -0.15) is 0 Å². The van der Waals surface area contributed by atoms with Gasteiger partial charge in [0.15, 0.2) is 0 Å². The molecule has 0 aliphatic carbocycles. The number of rotatable bonds is 7. The van der Waals surface area contributed by atoms with Crippen LogP contribution in [0, 0.1) is 0 Å². The van der Waals surface area contributed by atoms with Crippen LogP contribution < -0.4 is 14.8 Å². The topological polar surface area (TPSA) is 69.7 Å². The molecule has 146 valence electrons. The normalized spacial score (nSPS) is 11.2. The maximum Gasteiger partial charge on any atom is 0.575 e. The first kappa shape index (κ1) is 20.8. The molecule has 0 aliphatic rings. The molecule has 10 heteroatoms. The van der Waals surface area contributed by atoms with Crippen LogP contribution in [-0.2, 0) is 16.1 Å². The van der Waals surface area contributed by atoms with Gasteiger partial charge in [0.2, 0.25) is 5.88 Å². The van der Waals surface area contributed by atoms with Crippen LogP contribution in [-0.4, -0.2) is 38.1 Å². The molecule has 0 atom stereocenters. The number of halogens is 4. The highest BCUT2D eigenvalue weighted by Crippen LogP contribution is 2.37. The highest BCUT2D eigenvalue weighted by molar-refractivity contribution is 6.30. The van der Waals surface area contributed by atoms with Crippen molar-refractivity contribution in [3.8, 4) is 22.8 Å². The second-order valence-corrected chi connectivity index (χ2v) is 5.70. The third kappa shape index (κ3) is 6.00. The van der Waals surface area contributed by atoms with Crippen molar-refractivity contribution < 1.29 is 32.2 Å². The van der Waals surface area contributed by atoms with E-state index in [1.54, 1.807) is 24.3 Å². The van der Waals surface area contributed by atoms with Gasteiger partial charge in [-0.25, -0.2) is 4.98 Å². The number of benzene rings is 1. The molecule has 0 saturated heterocycles. The number of hydrogen-bond acceptors (Lipinski definition) is 6. The minimum Gasteiger partial charge on any atom is -0.496 e. The van der Waals surface area contributed by atoms with Crippen LogP contribution in [0.5, 0.6) is 11.6 Å². The van der Waals surface area contributed by atoms with Gasteiger partial charge in [-0.15, -0.1) is 13.2 Å². The van der Waals surface area contributed by atoms with Crippen LogP contribution in [0.4, 0.5) is 13.2 Å². The fourth-order valence-electron chi connectivity index (χ4n) is 2.32. The number of methoxy groups -OCH3 is 2. The van der Waals surface area contributed by atoms with E-state index in [0.29, 0.717) is 33.3 Å². The van der Waals surface area contributed by atoms with Gasteiger partial charge in [0, 0.05) is 23.9 Å². The molecule has 0 aliphatic heterocycles. The van der Waals surface area contributed by atoms with E-state index in [1.807, 2.05) is 0 Å². The van der Waals surface area contributed by atoms with Crippen molar-refractivity contribution in [1.29, 1.82) is 0 Å². The summed E-state index contributed by atoms with van der Waals surface area (Å²) in [6, 6.07) is 6.81. The SMILES string of the molecule is COc1cc(CNCC(=O)OC(F)(F)F)ccc1-c1cc(Cl)cnc1OC. The van der Waals surface area contributed by atoms with Gasteiger partial charge in [0.1, 0.15) is 5.75 Å². The number of ether oxygens (including phenoxy) is 3. The molecule has 1 heterocycles. The largest absolute Gasteiger partial charge is 0.575 e. The molecule has 1 aromatic carbocycles. The predicted molar refractivity (Wildman–Crippen MR) is 91.6 cm³/mol. The molecule has 0 spiro atoms. The van der Waals surface area contributed by atoms with E-state index >= 15 is 0 Å². The van der Waals surface area contributed by atoms with Crippen LogP contribution in [0.25, 0.3) is 11.1 Å². The van der Waals surface area contributed by atoms with Gasteiger partial charge in [-0.05, 0) is 17.7 Å². The fraction of sp³-hybridized carbons (Fsp3) is 0.294. The molecule has 0 radical (unpaired) electrons. The first-order chi connectivity index (χ1) is 12.7. The second kappa shape index (κ2) is 8.92. The van der Waals surface area contributed by atoms with Crippen LogP contribution in [0.15, 0.2) is 30.5 Å². The molecule has 6 nitrogen and oxygen atoms in total. The van der Waals surface area contributed by atoms with Gasteiger partial charge >= 0.3 is 12.3 Å². The summed E-state index contributed by atoms with van der Waals surface area (Å²) >= 11 is 6.00. The van der Waals surface area contributed by atoms with Crippen molar-refractivity contribution in [1.82, 2.24) is 10.3 Å². The number of aromatic nitrogens is 1. The summed E-state index contributed by atoms with van der Waals surface area (Å²) in [5.74, 6) is -0.575. The highest BCUT2D eigenvalue weighted by atomic mass is 35.5. The lowest BCUT2D eigenvalue weighted by atomic mass is 10.0. The van der Waals surface area contributed by atoms with Crippen molar-refractivity contribution >= 4 is 17.6 Å². The minimum absolute atomic E-state index is 0.133. The summed E-state index contributed by atoms with van der Waals surface area (Å²) < 4.78 is 49.7. The maximum atomic E-state index is 11.9. The van der Waals surface area contributed by atoms with Crippen molar-refractivity contribution in [2.75, 3.05) is 20.8 Å². The molecule has 0 unspecified atom stereocenters. The summed E-state index contributed by atoms with van der Waals surface area (Å²) in [6.07, 6.45) is -3.54. The van der Waals surface area contributed by atoms with E-state index in [9.17, 15) is 18.0 Å². The molecule has 2 aromatic rings. The number of hydrogen-bond donors (Lipinski definition) is 1. The third-order valence-corrected chi connectivity index (χ3v) is 3.60. The molecule has 0 amide bonds. The Morgan fingerprint density at radius 1 is 1.19 bits per heavy atom. The molecule has 0 saturated carbocycles. The quantitative estimate of drug-likeness (QED) is 0.711. The van der Waals surface area contributed by atoms with E-state index in [-0.39, 0.29) is 6.54 Å². The van der Waals surface area contributed by atoms with Crippen molar-refractivity contribution in [2.45, 2.75) is 12.9 Å². The average molecular weight is 405 g/mol. The summed E-state index contributed by atoms with van der Waals surface area (Å²) in [6.45, 7) is -0.454. The zero-order valence-corrected chi connectivity index (χ0v) is 15.1. The number of alkyl halides is 3. The Hall–Kier alpha value is -2.52. The summed E-state index contributed by atoms with van der Waals surface area (Å²) in [5, 5.41) is 3.00. The van der Waals surface area contributed by atoms with Gasteiger partial charge in [0.05, 0.1) is 25.8 Å². The number of pyridine rings is 1. The average Bonchev–Trinajstić information content (AvgIpc) is 2.60. The zero-order chi connectivity index (χ0) is 20.0. The number of carbonyl (C=O) groups excluding carboxylic acids is 1. The van der Waals surface area contributed by atoms with Crippen molar-refractivity contribution in [3.63, 3.8) is 0 Å². The monoisotopic (exact) mass is 404 g/mol. The van der Waals surface area contributed by atoms with E-state index in [4.69, 9.17) is 21.1 Å². The number of nitrogens with zero attached hydrogens (tertiary/aromatic N) is 1. The number of esters is 1. The van der Waals surface area contributed by atoms with Crippen LogP contribution >= 0.6 is 11.6 Å². The van der Waals surface area contributed by atoms with Gasteiger partial charge in [-0.1, -0.05) is 23.7 Å². The number of carbonyl (C=O) groups is 1. The predicted octanol–water partition coefficient (Wildman–Crippen LogP) is 3.57. The zero-order valence-electron chi connectivity index (χ0n) is 14.4. The van der Waals surface area contributed by atoms with Gasteiger partial charge in [0.25, 0.3) is 0 Å². The summed E-state index contributed by atoms with van der Waals surface area (Å²) in [5.41, 5.74) is 1.98. The smallest absolute Gasteiger partial charge is 0.496 e. The lowest BCUT2D eigenvalue weighted by Gasteiger charge is -2.14. The fourth-order valence-corrected chi connectivity index (χ4v) is 2.48. The Balaban J connectivity index is 2.13. The van der Waals surface area contributed by atoms with E-state index in [0.717, 1.165) is 0 Å². The molecule has 27 heavy (non-hydrogen) atoms. The number of nitrogens with one attached hydrogen (secondary N) is 1. The molecule has 0 fully saturated rings. The first-order valence-electron chi connectivity index (χ1n) is 7.59.